The highest BCUT2D eigenvalue weighted by Crippen LogP contribution is 2.19. The van der Waals surface area contributed by atoms with Crippen molar-refractivity contribution in [1.29, 1.82) is 0 Å². The number of nitrogens with one attached hydrogen (secondary N) is 2. The zero-order valence-corrected chi connectivity index (χ0v) is 17.6. The Morgan fingerprint density at radius 2 is 1.66 bits per heavy atom. The number of rotatable bonds is 9. The third kappa shape index (κ3) is 6.60. The number of aryl methyl sites for hydroxylation is 2. The second-order valence-corrected chi connectivity index (χ2v) is 8.40. The monoisotopic (exact) mass is 418 g/mol. The van der Waals surface area contributed by atoms with Gasteiger partial charge in [0.05, 0.1) is 12.0 Å². The van der Waals surface area contributed by atoms with Crippen molar-refractivity contribution in [2.75, 3.05) is 18.4 Å². The highest BCUT2D eigenvalue weighted by atomic mass is 32.2. The molecule has 0 saturated carbocycles. The van der Waals surface area contributed by atoms with E-state index < -0.39 is 10.0 Å². The number of carbonyl (C=O) groups excluding carboxylic acids is 2. The minimum absolute atomic E-state index is 0.0744. The lowest BCUT2D eigenvalue weighted by Crippen LogP contribution is -2.24. The number of ether oxygens (including phenoxy) is 1. The Morgan fingerprint density at radius 1 is 0.966 bits per heavy atom. The van der Waals surface area contributed by atoms with Gasteiger partial charge in [0.25, 0.3) is 15.9 Å². The summed E-state index contributed by atoms with van der Waals surface area (Å²) in [5.74, 6) is -0.573. The van der Waals surface area contributed by atoms with Crippen molar-refractivity contribution in [1.82, 2.24) is 5.32 Å². The number of sulfonamides is 1. The molecular formula is C21H26N2O5S. The summed E-state index contributed by atoms with van der Waals surface area (Å²) in [6.45, 7) is 4.29. The van der Waals surface area contributed by atoms with Crippen LogP contribution in [0, 0.1) is 13.8 Å². The number of methoxy groups -OCH3 is 1. The van der Waals surface area contributed by atoms with Crippen LogP contribution in [-0.4, -0.2) is 33.9 Å². The molecule has 156 valence electrons. The molecule has 29 heavy (non-hydrogen) atoms. The fourth-order valence-corrected chi connectivity index (χ4v) is 3.65. The second kappa shape index (κ2) is 10.1. The van der Waals surface area contributed by atoms with Gasteiger partial charge in [-0.1, -0.05) is 6.07 Å². The molecule has 0 spiro atoms. The molecule has 2 N–H and O–H groups in total. The lowest BCUT2D eigenvalue weighted by atomic mass is 10.1. The molecule has 0 aliphatic carbocycles. The van der Waals surface area contributed by atoms with Crippen LogP contribution in [0.5, 0.6) is 0 Å². The van der Waals surface area contributed by atoms with E-state index in [1.165, 1.54) is 31.4 Å². The SMILES string of the molecule is COC(=O)CCCCNC(=O)c1ccc(S(=O)(=O)Nc2ccc(C)c(C)c2)cc1. The van der Waals surface area contributed by atoms with Crippen molar-refractivity contribution in [3.05, 3.63) is 59.2 Å². The zero-order valence-electron chi connectivity index (χ0n) is 16.8. The maximum Gasteiger partial charge on any atom is 0.305 e. The molecule has 0 heterocycles. The van der Waals surface area contributed by atoms with Gasteiger partial charge in [0.15, 0.2) is 0 Å². The van der Waals surface area contributed by atoms with Gasteiger partial charge in [-0.25, -0.2) is 8.42 Å². The smallest absolute Gasteiger partial charge is 0.305 e. The molecule has 0 aliphatic heterocycles. The van der Waals surface area contributed by atoms with Crippen molar-refractivity contribution >= 4 is 27.6 Å². The average molecular weight is 419 g/mol. The minimum atomic E-state index is -3.75. The Hall–Kier alpha value is -2.87. The molecule has 0 radical (unpaired) electrons. The molecule has 0 fully saturated rings. The molecule has 0 aromatic heterocycles. The zero-order chi connectivity index (χ0) is 21.4. The number of amides is 1. The van der Waals surface area contributed by atoms with Crippen molar-refractivity contribution in [3.8, 4) is 0 Å². The predicted octanol–water partition coefficient (Wildman–Crippen LogP) is 3.18. The largest absolute Gasteiger partial charge is 0.469 e. The molecule has 0 unspecified atom stereocenters. The normalized spacial score (nSPS) is 11.0. The summed E-state index contributed by atoms with van der Waals surface area (Å²) in [6.07, 6.45) is 1.58. The summed E-state index contributed by atoms with van der Waals surface area (Å²) < 4.78 is 32.2. The highest BCUT2D eigenvalue weighted by molar-refractivity contribution is 7.92. The van der Waals surface area contributed by atoms with E-state index in [9.17, 15) is 18.0 Å². The fraction of sp³-hybridized carbons (Fsp3) is 0.333. The quantitative estimate of drug-likeness (QED) is 0.481. The maximum absolute atomic E-state index is 12.6. The first-order valence-electron chi connectivity index (χ1n) is 9.28. The molecule has 0 atom stereocenters. The molecule has 2 rings (SSSR count). The summed E-state index contributed by atoms with van der Waals surface area (Å²) in [5, 5.41) is 2.74. The van der Waals surface area contributed by atoms with Crippen molar-refractivity contribution in [2.45, 2.75) is 38.0 Å². The lowest BCUT2D eigenvalue weighted by molar-refractivity contribution is -0.140. The van der Waals surface area contributed by atoms with Gasteiger partial charge in [-0.2, -0.15) is 0 Å². The van der Waals surface area contributed by atoms with E-state index in [0.717, 1.165) is 11.1 Å². The summed E-state index contributed by atoms with van der Waals surface area (Å²) in [4.78, 5) is 23.3. The maximum atomic E-state index is 12.6. The van der Waals surface area contributed by atoms with Gasteiger partial charge in [-0.05, 0) is 74.2 Å². The first kappa shape index (κ1) is 22.4. The van der Waals surface area contributed by atoms with Crippen LogP contribution in [0.15, 0.2) is 47.4 Å². The van der Waals surface area contributed by atoms with E-state index in [1.54, 1.807) is 12.1 Å². The van der Waals surface area contributed by atoms with E-state index in [4.69, 9.17) is 0 Å². The van der Waals surface area contributed by atoms with Gasteiger partial charge in [-0.15, -0.1) is 0 Å². The van der Waals surface area contributed by atoms with E-state index in [2.05, 4.69) is 14.8 Å². The average Bonchev–Trinajstić information content (AvgIpc) is 2.70. The Bertz CT molecular complexity index is 969. The summed E-state index contributed by atoms with van der Waals surface area (Å²) in [5.41, 5.74) is 2.92. The lowest BCUT2D eigenvalue weighted by Gasteiger charge is -2.10. The fourth-order valence-electron chi connectivity index (χ4n) is 2.60. The predicted molar refractivity (Wildman–Crippen MR) is 111 cm³/mol. The summed E-state index contributed by atoms with van der Waals surface area (Å²) in [6, 6.07) is 11.1. The van der Waals surface area contributed by atoms with Crippen LogP contribution < -0.4 is 10.0 Å². The molecule has 0 bridgehead atoms. The number of esters is 1. The van der Waals surface area contributed by atoms with Gasteiger partial charge >= 0.3 is 5.97 Å². The number of hydrogen-bond acceptors (Lipinski definition) is 5. The minimum Gasteiger partial charge on any atom is -0.469 e. The number of hydrogen-bond donors (Lipinski definition) is 2. The topological polar surface area (TPSA) is 102 Å². The molecule has 8 heteroatoms. The van der Waals surface area contributed by atoms with Crippen LogP contribution in [0.3, 0.4) is 0 Å². The first-order chi connectivity index (χ1) is 13.7. The molecule has 7 nitrogen and oxygen atoms in total. The Kier molecular flexibility index (Phi) is 7.78. The first-order valence-corrected chi connectivity index (χ1v) is 10.8. The van der Waals surface area contributed by atoms with Crippen LogP contribution in [0.2, 0.25) is 0 Å². The van der Waals surface area contributed by atoms with E-state index >= 15 is 0 Å². The second-order valence-electron chi connectivity index (χ2n) is 6.72. The van der Waals surface area contributed by atoms with Gasteiger partial charge in [0.1, 0.15) is 0 Å². The van der Waals surface area contributed by atoms with Gasteiger partial charge in [0, 0.05) is 24.2 Å². The number of benzene rings is 2. The van der Waals surface area contributed by atoms with Gasteiger partial charge in [-0.3, -0.25) is 14.3 Å². The molecular weight excluding hydrogens is 392 g/mol. The van der Waals surface area contributed by atoms with Crippen LogP contribution in [-0.2, 0) is 19.6 Å². The van der Waals surface area contributed by atoms with E-state index in [1.807, 2.05) is 19.9 Å². The molecule has 2 aromatic carbocycles. The van der Waals surface area contributed by atoms with Crippen LogP contribution in [0.4, 0.5) is 5.69 Å². The van der Waals surface area contributed by atoms with Gasteiger partial charge < -0.3 is 10.1 Å². The number of carbonyl (C=O) groups is 2. The van der Waals surface area contributed by atoms with Gasteiger partial charge in [0.2, 0.25) is 0 Å². The molecule has 0 aliphatic rings. The molecule has 2 aromatic rings. The van der Waals surface area contributed by atoms with Crippen molar-refractivity contribution in [2.24, 2.45) is 0 Å². The van der Waals surface area contributed by atoms with Crippen molar-refractivity contribution < 1.29 is 22.7 Å². The third-order valence-corrected chi connectivity index (χ3v) is 5.90. The molecule has 1 amide bonds. The summed E-state index contributed by atoms with van der Waals surface area (Å²) in [7, 11) is -2.41. The van der Waals surface area contributed by atoms with Crippen LogP contribution >= 0.6 is 0 Å². The van der Waals surface area contributed by atoms with Crippen LogP contribution in [0.25, 0.3) is 0 Å². The highest BCUT2D eigenvalue weighted by Gasteiger charge is 2.15. The van der Waals surface area contributed by atoms with E-state index in [-0.39, 0.29) is 16.8 Å². The Balaban J connectivity index is 1.93. The van der Waals surface area contributed by atoms with E-state index in [0.29, 0.717) is 37.1 Å². The summed E-state index contributed by atoms with van der Waals surface area (Å²) >= 11 is 0. The molecule has 0 saturated heterocycles. The third-order valence-electron chi connectivity index (χ3n) is 4.51. The Morgan fingerprint density at radius 3 is 2.28 bits per heavy atom. The van der Waals surface area contributed by atoms with Crippen LogP contribution in [0.1, 0.15) is 40.7 Å². The number of unbranched alkanes of at least 4 members (excludes halogenated alkanes) is 1. The number of anilines is 1. The standard InChI is InChI=1S/C21H26N2O5S/c1-15-7-10-18(14-16(15)2)23-29(26,27)19-11-8-17(9-12-19)21(25)22-13-5-4-6-20(24)28-3/h7-12,14,23H,4-6,13H2,1-3H3,(H,22,25). The van der Waals surface area contributed by atoms with Crippen molar-refractivity contribution in [3.63, 3.8) is 0 Å². The Labute approximate surface area is 171 Å².